The third-order valence-corrected chi connectivity index (χ3v) is 4.66. The first-order chi connectivity index (χ1) is 11.2. The van der Waals surface area contributed by atoms with Crippen LogP contribution in [0.25, 0.3) is 0 Å². The molecule has 4 heteroatoms. The Balaban J connectivity index is 2.10. The number of carbonyl (C=O) groups excluding carboxylic acids is 1. The van der Waals surface area contributed by atoms with Crippen molar-refractivity contribution in [3.05, 3.63) is 23.9 Å². The third-order valence-electron chi connectivity index (χ3n) is 4.66. The Morgan fingerprint density at radius 1 is 1.22 bits per heavy atom. The summed E-state index contributed by atoms with van der Waals surface area (Å²) in [7, 11) is 0. The predicted octanol–water partition coefficient (Wildman–Crippen LogP) is 4.11. The van der Waals surface area contributed by atoms with Crippen molar-refractivity contribution in [3.63, 3.8) is 0 Å². The largest absolute Gasteiger partial charge is 0.354 e. The summed E-state index contributed by atoms with van der Waals surface area (Å²) in [6.45, 7) is 9.18. The van der Waals surface area contributed by atoms with Gasteiger partial charge in [-0.1, -0.05) is 20.8 Å². The van der Waals surface area contributed by atoms with Crippen LogP contribution in [0.5, 0.6) is 0 Å². The van der Waals surface area contributed by atoms with Gasteiger partial charge in [0.25, 0.3) is 5.91 Å². The van der Waals surface area contributed by atoms with Gasteiger partial charge in [0.1, 0.15) is 5.82 Å². The van der Waals surface area contributed by atoms with E-state index in [2.05, 4.69) is 30.7 Å². The van der Waals surface area contributed by atoms with Gasteiger partial charge in [0.05, 0.1) is 5.56 Å². The van der Waals surface area contributed by atoms with Gasteiger partial charge in [0, 0.05) is 31.9 Å². The highest BCUT2D eigenvalue weighted by Crippen LogP contribution is 2.25. The van der Waals surface area contributed by atoms with E-state index in [-0.39, 0.29) is 5.91 Å². The van der Waals surface area contributed by atoms with Crippen molar-refractivity contribution in [3.8, 4) is 0 Å². The standard InChI is InChI=1S/C19H31N3O/c1-4-12-21(13-5-2)19(23)16-10-11-18(20-15-16)22-14-8-7-9-17(22)6-3/h10-11,15,17H,4-9,12-14H2,1-3H3. The van der Waals surface area contributed by atoms with E-state index in [4.69, 9.17) is 0 Å². The summed E-state index contributed by atoms with van der Waals surface area (Å²) in [6.07, 6.45) is 8.70. The van der Waals surface area contributed by atoms with Gasteiger partial charge in [0.2, 0.25) is 0 Å². The Labute approximate surface area is 140 Å². The van der Waals surface area contributed by atoms with E-state index < -0.39 is 0 Å². The normalized spacial score (nSPS) is 18.0. The minimum atomic E-state index is 0.110. The predicted molar refractivity (Wildman–Crippen MR) is 96.0 cm³/mol. The van der Waals surface area contributed by atoms with Crippen LogP contribution >= 0.6 is 0 Å². The summed E-state index contributed by atoms with van der Waals surface area (Å²) in [6, 6.07) is 4.57. The lowest BCUT2D eigenvalue weighted by molar-refractivity contribution is 0.0755. The lowest BCUT2D eigenvalue weighted by Crippen LogP contribution is -2.39. The molecule has 2 rings (SSSR count). The highest BCUT2D eigenvalue weighted by molar-refractivity contribution is 5.94. The average Bonchev–Trinajstić information content (AvgIpc) is 2.61. The zero-order chi connectivity index (χ0) is 16.7. The number of hydrogen-bond acceptors (Lipinski definition) is 3. The van der Waals surface area contributed by atoms with Crippen LogP contribution in [-0.4, -0.2) is 41.5 Å². The molecular weight excluding hydrogens is 286 g/mol. The number of nitrogens with zero attached hydrogens (tertiary/aromatic N) is 3. The molecule has 0 radical (unpaired) electrons. The molecule has 0 N–H and O–H groups in total. The lowest BCUT2D eigenvalue weighted by atomic mass is 10.00. The average molecular weight is 317 g/mol. The SMILES string of the molecule is CCCN(CCC)C(=O)c1ccc(N2CCCCC2CC)nc1. The maximum absolute atomic E-state index is 12.6. The molecule has 0 spiro atoms. The monoisotopic (exact) mass is 317 g/mol. The first-order valence-corrected chi connectivity index (χ1v) is 9.23. The molecule has 2 heterocycles. The molecule has 0 bridgehead atoms. The van der Waals surface area contributed by atoms with Gasteiger partial charge in [-0.15, -0.1) is 0 Å². The molecule has 1 aromatic heterocycles. The number of pyridine rings is 1. The fourth-order valence-corrected chi connectivity index (χ4v) is 3.45. The van der Waals surface area contributed by atoms with Crippen LogP contribution in [0.15, 0.2) is 18.3 Å². The molecule has 1 saturated heterocycles. The van der Waals surface area contributed by atoms with Crippen LogP contribution in [0, 0.1) is 0 Å². The number of piperidine rings is 1. The Morgan fingerprint density at radius 3 is 2.52 bits per heavy atom. The molecule has 23 heavy (non-hydrogen) atoms. The third kappa shape index (κ3) is 4.46. The fraction of sp³-hybridized carbons (Fsp3) is 0.684. The summed E-state index contributed by atoms with van der Waals surface area (Å²) in [5.41, 5.74) is 0.709. The zero-order valence-corrected chi connectivity index (χ0v) is 14.9. The van der Waals surface area contributed by atoms with Crippen molar-refractivity contribution in [1.82, 2.24) is 9.88 Å². The zero-order valence-electron chi connectivity index (χ0n) is 14.9. The summed E-state index contributed by atoms with van der Waals surface area (Å²) in [4.78, 5) is 21.6. The van der Waals surface area contributed by atoms with E-state index in [0.717, 1.165) is 44.7 Å². The van der Waals surface area contributed by atoms with Crippen LogP contribution in [0.2, 0.25) is 0 Å². The molecule has 1 aliphatic rings. The van der Waals surface area contributed by atoms with Gasteiger partial charge in [-0.25, -0.2) is 4.98 Å². The second-order valence-corrected chi connectivity index (χ2v) is 6.45. The van der Waals surface area contributed by atoms with Gasteiger partial charge in [-0.3, -0.25) is 4.79 Å². The molecule has 0 saturated carbocycles. The topological polar surface area (TPSA) is 36.4 Å². The number of hydrogen-bond donors (Lipinski definition) is 0. The lowest BCUT2D eigenvalue weighted by Gasteiger charge is -2.36. The summed E-state index contributed by atoms with van der Waals surface area (Å²) in [5.74, 6) is 1.13. The van der Waals surface area contributed by atoms with E-state index in [1.165, 1.54) is 19.3 Å². The van der Waals surface area contributed by atoms with Crippen molar-refractivity contribution in [2.24, 2.45) is 0 Å². The van der Waals surface area contributed by atoms with Crippen LogP contribution in [0.3, 0.4) is 0 Å². The number of rotatable bonds is 7. The fourth-order valence-electron chi connectivity index (χ4n) is 3.45. The Morgan fingerprint density at radius 2 is 1.96 bits per heavy atom. The quantitative estimate of drug-likeness (QED) is 0.759. The molecule has 1 fully saturated rings. The highest BCUT2D eigenvalue weighted by atomic mass is 16.2. The minimum absolute atomic E-state index is 0.110. The van der Waals surface area contributed by atoms with Crippen molar-refractivity contribution in [2.45, 2.75) is 65.3 Å². The number of amides is 1. The van der Waals surface area contributed by atoms with Crippen LogP contribution in [0.4, 0.5) is 5.82 Å². The summed E-state index contributed by atoms with van der Waals surface area (Å²) < 4.78 is 0. The van der Waals surface area contributed by atoms with Crippen LogP contribution in [-0.2, 0) is 0 Å². The second-order valence-electron chi connectivity index (χ2n) is 6.45. The Kier molecular flexibility index (Phi) is 6.87. The Bertz CT molecular complexity index is 480. The molecule has 1 atom stereocenters. The maximum atomic E-state index is 12.6. The van der Waals surface area contributed by atoms with Gasteiger partial charge >= 0.3 is 0 Å². The van der Waals surface area contributed by atoms with Crippen molar-refractivity contribution < 1.29 is 4.79 Å². The molecule has 1 unspecified atom stereocenters. The summed E-state index contributed by atoms with van der Waals surface area (Å²) >= 11 is 0. The molecular formula is C19H31N3O. The van der Waals surface area contributed by atoms with Gasteiger partial charge in [0.15, 0.2) is 0 Å². The number of aromatic nitrogens is 1. The Hall–Kier alpha value is -1.58. The van der Waals surface area contributed by atoms with E-state index >= 15 is 0 Å². The van der Waals surface area contributed by atoms with E-state index in [9.17, 15) is 4.79 Å². The van der Waals surface area contributed by atoms with Gasteiger partial charge in [-0.2, -0.15) is 0 Å². The van der Waals surface area contributed by atoms with Crippen LogP contribution in [0.1, 0.15) is 69.7 Å². The number of anilines is 1. The van der Waals surface area contributed by atoms with Crippen molar-refractivity contribution in [2.75, 3.05) is 24.5 Å². The molecule has 4 nitrogen and oxygen atoms in total. The van der Waals surface area contributed by atoms with Crippen LogP contribution < -0.4 is 4.90 Å². The molecule has 128 valence electrons. The van der Waals surface area contributed by atoms with E-state index in [1.54, 1.807) is 6.20 Å². The molecule has 1 aromatic rings. The maximum Gasteiger partial charge on any atom is 0.255 e. The highest BCUT2D eigenvalue weighted by Gasteiger charge is 2.22. The van der Waals surface area contributed by atoms with Gasteiger partial charge < -0.3 is 9.80 Å². The second kappa shape index (κ2) is 8.90. The van der Waals surface area contributed by atoms with E-state index in [1.807, 2.05) is 17.0 Å². The van der Waals surface area contributed by atoms with Gasteiger partial charge in [-0.05, 0) is 50.7 Å². The smallest absolute Gasteiger partial charge is 0.255 e. The van der Waals surface area contributed by atoms with Crippen molar-refractivity contribution >= 4 is 11.7 Å². The summed E-state index contributed by atoms with van der Waals surface area (Å²) in [5, 5.41) is 0. The molecule has 1 amide bonds. The first-order valence-electron chi connectivity index (χ1n) is 9.23. The van der Waals surface area contributed by atoms with E-state index in [0.29, 0.717) is 11.6 Å². The first kappa shape index (κ1) is 17.8. The molecule has 0 aliphatic carbocycles. The number of carbonyl (C=O) groups is 1. The van der Waals surface area contributed by atoms with Crippen molar-refractivity contribution in [1.29, 1.82) is 0 Å². The molecule has 0 aromatic carbocycles. The molecule has 1 aliphatic heterocycles. The minimum Gasteiger partial charge on any atom is -0.354 e.